The Labute approximate surface area is 87.3 Å². The van der Waals surface area contributed by atoms with Gasteiger partial charge in [0.05, 0.1) is 5.54 Å². The number of likely N-dealkylation sites (N-methyl/N-ethyl adjacent to an activating group) is 1. The fraction of sp³-hybridized carbons (Fsp3) is 0.556. The molecule has 0 bridgehead atoms. The Morgan fingerprint density at radius 3 is 2.87 bits per heavy atom. The molecule has 0 radical (unpaired) electrons. The zero-order valence-corrected chi connectivity index (χ0v) is 8.96. The van der Waals surface area contributed by atoms with Crippen LogP contribution in [-0.4, -0.2) is 40.4 Å². The molecular formula is C9H14N4O2. The molecule has 1 aromatic rings. The molecule has 1 aliphatic heterocycles. The van der Waals surface area contributed by atoms with E-state index in [1.807, 2.05) is 25.8 Å². The van der Waals surface area contributed by atoms with E-state index in [-0.39, 0.29) is 11.2 Å². The predicted molar refractivity (Wildman–Crippen MR) is 56.5 cm³/mol. The molecule has 1 aliphatic rings. The number of aromatic carboxylic acids is 1. The number of hydrogen-bond donors (Lipinski definition) is 3. The van der Waals surface area contributed by atoms with Crippen molar-refractivity contribution in [3.63, 3.8) is 0 Å². The maximum absolute atomic E-state index is 11.0. The molecular weight excluding hydrogens is 196 g/mol. The van der Waals surface area contributed by atoms with Crippen LogP contribution in [0.15, 0.2) is 0 Å². The number of hydrogen-bond acceptors (Lipinski definition) is 4. The summed E-state index contributed by atoms with van der Waals surface area (Å²) in [5, 5.41) is 18.6. The van der Waals surface area contributed by atoms with Crippen LogP contribution in [0.5, 0.6) is 0 Å². The molecule has 0 atom stereocenters. The second-order valence-electron chi connectivity index (χ2n) is 4.33. The summed E-state index contributed by atoms with van der Waals surface area (Å²) in [6, 6.07) is 0. The third-order valence-corrected chi connectivity index (χ3v) is 2.89. The molecule has 0 amide bonds. The van der Waals surface area contributed by atoms with Gasteiger partial charge in [0.2, 0.25) is 0 Å². The third kappa shape index (κ3) is 1.33. The normalized spacial score (nSPS) is 18.2. The van der Waals surface area contributed by atoms with Crippen molar-refractivity contribution in [3.8, 4) is 0 Å². The Morgan fingerprint density at radius 1 is 1.60 bits per heavy atom. The number of rotatable bonds is 1. The minimum Gasteiger partial charge on any atom is -0.476 e. The van der Waals surface area contributed by atoms with Gasteiger partial charge in [0.15, 0.2) is 11.5 Å². The highest BCUT2D eigenvalue weighted by atomic mass is 16.4. The average molecular weight is 210 g/mol. The van der Waals surface area contributed by atoms with Crippen molar-refractivity contribution in [2.24, 2.45) is 0 Å². The molecule has 0 spiro atoms. The summed E-state index contributed by atoms with van der Waals surface area (Å²) in [5.74, 6) is -0.385. The lowest BCUT2D eigenvalue weighted by Gasteiger charge is -2.41. The number of aromatic amines is 1. The molecule has 1 aromatic heterocycles. The second kappa shape index (κ2) is 2.88. The summed E-state index contributed by atoms with van der Waals surface area (Å²) in [7, 11) is 1.88. The van der Waals surface area contributed by atoms with E-state index in [1.54, 1.807) is 0 Å². The van der Waals surface area contributed by atoms with Gasteiger partial charge in [0.25, 0.3) is 0 Å². The SMILES string of the molecule is CN1c2c(n[nH]c2C(=O)O)NCC1(C)C. The lowest BCUT2D eigenvalue weighted by molar-refractivity contribution is 0.0691. The Morgan fingerprint density at radius 2 is 2.27 bits per heavy atom. The Bertz CT molecular complexity index is 410. The van der Waals surface area contributed by atoms with Crippen LogP contribution in [0.4, 0.5) is 11.5 Å². The van der Waals surface area contributed by atoms with Crippen LogP contribution >= 0.6 is 0 Å². The number of anilines is 2. The van der Waals surface area contributed by atoms with Crippen molar-refractivity contribution in [1.82, 2.24) is 10.2 Å². The van der Waals surface area contributed by atoms with Gasteiger partial charge in [0.1, 0.15) is 5.69 Å². The van der Waals surface area contributed by atoms with E-state index in [2.05, 4.69) is 15.5 Å². The van der Waals surface area contributed by atoms with E-state index < -0.39 is 5.97 Å². The maximum atomic E-state index is 11.0. The molecule has 6 nitrogen and oxygen atoms in total. The molecule has 0 unspecified atom stereocenters. The molecule has 15 heavy (non-hydrogen) atoms. The van der Waals surface area contributed by atoms with Gasteiger partial charge in [0, 0.05) is 13.6 Å². The molecule has 0 saturated heterocycles. The summed E-state index contributed by atoms with van der Waals surface area (Å²) in [4.78, 5) is 12.9. The minimum atomic E-state index is -0.991. The van der Waals surface area contributed by atoms with E-state index >= 15 is 0 Å². The number of aromatic nitrogens is 2. The van der Waals surface area contributed by atoms with Crippen molar-refractivity contribution in [2.45, 2.75) is 19.4 Å². The number of fused-ring (bicyclic) bond motifs is 1. The van der Waals surface area contributed by atoms with E-state index in [4.69, 9.17) is 5.11 Å². The molecule has 0 saturated carbocycles. The molecule has 0 aliphatic carbocycles. The van der Waals surface area contributed by atoms with Crippen LogP contribution in [-0.2, 0) is 0 Å². The second-order valence-corrected chi connectivity index (χ2v) is 4.33. The zero-order chi connectivity index (χ0) is 11.2. The summed E-state index contributed by atoms with van der Waals surface area (Å²) >= 11 is 0. The van der Waals surface area contributed by atoms with Gasteiger partial charge >= 0.3 is 5.97 Å². The lowest BCUT2D eigenvalue weighted by atomic mass is 10.00. The number of carbonyl (C=O) groups is 1. The van der Waals surface area contributed by atoms with Gasteiger partial charge in [-0.05, 0) is 13.8 Å². The first-order valence-electron chi connectivity index (χ1n) is 4.73. The first kappa shape index (κ1) is 9.82. The number of nitrogens with zero attached hydrogens (tertiary/aromatic N) is 2. The largest absolute Gasteiger partial charge is 0.476 e. The van der Waals surface area contributed by atoms with E-state index in [9.17, 15) is 4.79 Å². The smallest absolute Gasteiger partial charge is 0.356 e. The Balaban J connectivity index is 2.53. The van der Waals surface area contributed by atoms with Crippen LogP contribution in [0.2, 0.25) is 0 Å². The maximum Gasteiger partial charge on any atom is 0.356 e. The van der Waals surface area contributed by atoms with Crippen LogP contribution in [0, 0.1) is 0 Å². The topological polar surface area (TPSA) is 81.2 Å². The molecule has 2 heterocycles. The highest BCUT2D eigenvalue weighted by Crippen LogP contribution is 2.35. The molecule has 3 N–H and O–H groups in total. The van der Waals surface area contributed by atoms with E-state index in [0.29, 0.717) is 11.5 Å². The number of carboxylic acids is 1. The molecule has 6 heteroatoms. The Kier molecular flexibility index (Phi) is 1.89. The zero-order valence-electron chi connectivity index (χ0n) is 8.96. The molecule has 82 valence electrons. The van der Waals surface area contributed by atoms with Crippen molar-refractivity contribution in [3.05, 3.63) is 5.69 Å². The number of nitrogens with one attached hydrogen (secondary N) is 2. The standard InChI is InChI=1S/C9H14N4O2/c1-9(2)4-10-7-6(13(9)3)5(8(14)15)11-12-7/h4H2,1-3H3,(H,14,15)(H2,10,11,12). The minimum absolute atomic E-state index is 0.124. The Hall–Kier alpha value is -1.72. The van der Waals surface area contributed by atoms with Crippen molar-refractivity contribution in [2.75, 3.05) is 23.8 Å². The van der Waals surface area contributed by atoms with Gasteiger partial charge in [-0.15, -0.1) is 0 Å². The average Bonchev–Trinajstić information content (AvgIpc) is 2.55. The summed E-state index contributed by atoms with van der Waals surface area (Å²) < 4.78 is 0. The predicted octanol–water partition coefficient (Wildman–Crippen LogP) is 0.748. The highest BCUT2D eigenvalue weighted by molar-refractivity contribution is 5.96. The van der Waals surface area contributed by atoms with Crippen LogP contribution in [0.25, 0.3) is 0 Å². The monoisotopic (exact) mass is 210 g/mol. The molecule has 0 aromatic carbocycles. The van der Waals surface area contributed by atoms with Crippen molar-refractivity contribution >= 4 is 17.5 Å². The van der Waals surface area contributed by atoms with Crippen molar-refractivity contribution in [1.29, 1.82) is 0 Å². The molecule has 0 fully saturated rings. The molecule has 2 rings (SSSR count). The first-order chi connectivity index (χ1) is 6.93. The van der Waals surface area contributed by atoms with Gasteiger partial charge in [-0.25, -0.2) is 4.79 Å². The fourth-order valence-corrected chi connectivity index (χ4v) is 1.66. The van der Waals surface area contributed by atoms with Crippen LogP contribution in [0.1, 0.15) is 24.3 Å². The van der Waals surface area contributed by atoms with E-state index in [0.717, 1.165) is 6.54 Å². The van der Waals surface area contributed by atoms with E-state index in [1.165, 1.54) is 0 Å². The lowest BCUT2D eigenvalue weighted by Crippen LogP contribution is -2.50. The van der Waals surface area contributed by atoms with Crippen LogP contribution < -0.4 is 10.2 Å². The quantitative estimate of drug-likeness (QED) is 0.637. The van der Waals surface area contributed by atoms with Gasteiger partial charge in [-0.1, -0.05) is 0 Å². The third-order valence-electron chi connectivity index (χ3n) is 2.89. The summed E-state index contributed by atoms with van der Waals surface area (Å²) in [6.45, 7) is 4.82. The van der Waals surface area contributed by atoms with Crippen LogP contribution in [0.3, 0.4) is 0 Å². The van der Waals surface area contributed by atoms with Gasteiger partial charge in [-0.2, -0.15) is 5.10 Å². The van der Waals surface area contributed by atoms with Crippen molar-refractivity contribution < 1.29 is 9.90 Å². The van der Waals surface area contributed by atoms with Gasteiger partial charge in [-0.3, -0.25) is 5.10 Å². The summed E-state index contributed by atoms with van der Waals surface area (Å²) in [5.41, 5.74) is 0.632. The highest BCUT2D eigenvalue weighted by Gasteiger charge is 2.35. The summed E-state index contributed by atoms with van der Waals surface area (Å²) in [6.07, 6.45) is 0. The number of carboxylic acid groups (broad SMARTS) is 1. The van der Waals surface area contributed by atoms with Gasteiger partial charge < -0.3 is 15.3 Å². The first-order valence-corrected chi connectivity index (χ1v) is 4.73. The fourth-order valence-electron chi connectivity index (χ4n) is 1.66. The number of H-pyrrole nitrogens is 1.